The fraction of sp³-hybridized carbons (Fsp3) is 0.684. The highest BCUT2D eigenvalue weighted by molar-refractivity contribution is 5.70. The average Bonchev–Trinajstić information content (AvgIpc) is 2.86. The molecule has 5 nitrogen and oxygen atoms in total. The fourth-order valence-corrected chi connectivity index (χ4v) is 3.07. The Kier molecular flexibility index (Phi) is 4.32. The molecule has 2 aromatic heterocycles. The summed E-state index contributed by atoms with van der Waals surface area (Å²) in [7, 11) is 0. The van der Waals surface area contributed by atoms with Gasteiger partial charge in [0.1, 0.15) is 5.52 Å². The van der Waals surface area contributed by atoms with Gasteiger partial charge in [0.2, 0.25) is 0 Å². The Morgan fingerprint density at radius 1 is 1.08 bits per heavy atom. The van der Waals surface area contributed by atoms with Gasteiger partial charge in [-0.15, -0.1) is 0 Å². The van der Waals surface area contributed by atoms with Crippen LogP contribution in [-0.4, -0.2) is 40.9 Å². The van der Waals surface area contributed by atoms with Crippen LogP contribution in [0.2, 0.25) is 0 Å². The van der Waals surface area contributed by atoms with Crippen LogP contribution in [0, 0.1) is 5.41 Å². The van der Waals surface area contributed by atoms with E-state index in [-0.39, 0.29) is 10.8 Å². The third kappa shape index (κ3) is 3.72. The molecule has 3 rings (SSSR count). The van der Waals surface area contributed by atoms with Crippen molar-refractivity contribution in [1.29, 1.82) is 0 Å². The second-order valence-corrected chi connectivity index (χ2v) is 9.02. The number of rotatable bonds is 2. The molecule has 3 heterocycles. The molecule has 0 aliphatic carbocycles. The quantitative estimate of drug-likeness (QED) is 0.846. The molecule has 0 aromatic carbocycles. The first-order valence-electron chi connectivity index (χ1n) is 8.86. The van der Waals surface area contributed by atoms with Crippen LogP contribution < -0.4 is 4.90 Å². The molecule has 0 spiro atoms. The van der Waals surface area contributed by atoms with Gasteiger partial charge in [0.05, 0.1) is 13.2 Å². The van der Waals surface area contributed by atoms with Crippen molar-refractivity contribution in [2.75, 3.05) is 31.2 Å². The number of ether oxygens (including phenoxy) is 1. The summed E-state index contributed by atoms with van der Waals surface area (Å²) in [6, 6.07) is 2.25. The van der Waals surface area contributed by atoms with Crippen molar-refractivity contribution in [1.82, 2.24) is 14.6 Å². The summed E-state index contributed by atoms with van der Waals surface area (Å²) in [6.07, 6.45) is 3.20. The second-order valence-electron chi connectivity index (χ2n) is 9.02. The smallest absolute Gasteiger partial charge is 0.157 e. The van der Waals surface area contributed by atoms with Gasteiger partial charge in [0, 0.05) is 24.7 Å². The molecular formula is C19H30N4O. The van der Waals surface area contributed by atoms with E-state index in [2.05, 4.69) is 58.7 Å². The number of morpholine rings is 1. The highest BCUT2D eigenvalue weighted by atomic mass is 16.5. The summed E-state index contributed by atoms with van der Waals surface area (Å²) < 4.78 is 7.54. The van der Waals surface area contributed by atoms with Crippen LogP contribution in [0.3, 0.4) is 0 Å². The van der Waals surface area contributed by atoms with Crippen molar-refractivity contribution in [3.63, 3.8) is 0 Å². The fourth-order valence-electron chi connectivity index (χ4n) is 3.07. The predicted molar refractivity (Wildman–Crippen MR) is 97.9 cm³/mol. The van der Waals surface area contributed by atoms with Crippen LogP contribution in [-0.2, 0) is 16.6 Å². The van der Waals surface area contributed by atoms with E-state index in [1.807, 2.05) is 4.52 Å². The van der Waals surface area contributed by atoms with E-state index in [0.29, 0.717) is 0 Å². The third-order valence-corrected chi connectivity index (χ3v) is 4.22. The maximum absolute atomic E-state index is 5.51. The van der Waals surface area contributed by atoms with Crippen LogP contribution in [0.25, 0.3) is 5.52 Å². The minimum atomic E-state index is -0.0797. The summed E-state index contributed by atoms with van der Waals surface area (Å²) >= 11 is 0. The van der Waals surface area contributed by atoms with Crippen LogP contribution in [0.4, 0.5) is 5.82 Å². The van der Waals surface area contributed by atoms with Crippen molar-refractivity contribution < 1.29 is 4.74 Å². The predicted octanol–water partition coefficient (Wildman–Crippen LogP) is 3.45. The maximum atomic E-state index is 5.51. The lowest BCUT2D eigenvalue weighted by Crippen LogP contribution is -2.37. The van der Waals surface area contributed by atoms with Gasteiger partial charge < -0.3 is 9.64 Å². The Bertz CT molecular complexity index is 715. The normalized spacial score (nSPS) is 16.8. The Balaban J connectivity index is 2.11. The summed E-state index contributed by atoms with van der Waals surface area (Å²) in [5, 5.41) is 4.80. The lowest BCUT2D eigenvalue weighted by molar-refractivity contribution is 0.122. The molecule has 1 aliphatic heterocycles. The van der Waals surface area contributed by atoms with Gasteiger partial charge in [0.15, 0.2) is 11.6 Å². The largest absolute Gasteiger partial charge is 0.378 e. The van der Waals surface area contributed by atoms with Crippen molar-refractivity contribution >= 4 is 11.3 Å². The Labute approximate surface area is 145 Å². The SMILES string of the molecule is CC(C)(C)Cc1cc2c(N3CCOCC3)nc(C(C)(C)C)nn2c1. The molecular weight excluding hydrogens is 300 g/mol. The number of fused-ring (bicyclic) bond motifs is 1. The molecule has 0 saturated carbocycles. The van der Waals surface area contributed by atoms with E-state index >= 15 is 0 Å². The molecule has 1 saturated heterocycles. The first-order valence-corrected chi connectivity index (χ1v) is 8.86. The van der Waals surface area contributed by atoms with E-state index in [0.717, 1.165) is 49.9 Å². The molecule has 2 aromatic rings. The van der Waals surface area contributed by atoms with Crippen molar-refractivity contribution in [2.24, 2.45) is 5.41 Å². The van der Waals surface area contributed by atoms with E-state index in [9.17, 15) is 0 Å². The Hall–Kier alpha value is -1.62. The molecule has 24 heavy (non-hydrogen) atoms. The average molecular weight is 330 g/mol. The molecule has 5 heteroatoms. The standard InChI is InChI=1S/C19H30N4O/c1-18(2,3)12-14-11-15-16(22-7-9-24-10-8-22)20-17(19(4,5)6)21-23(15)13-14/h11,13H,7-10,12H2,1-6H3. The topological polar surface area (TPSA) is 42.7 Å². The van der Waals surface area contributed by atoms with Gasteiger partial charge in [-0.25, -0.2) is 9.50 Å². The second kappa shape index (κ2) is 6.03. The summed E-state index contributed by atoms with van der Waals surface area (Å²) in [5.74, 6) is 1.92. The minimum Gasteiger partial charge on any atom is -0.378 e. The first kappa shape index (κ1) is 17.2. The molecule has 0 N–H and O–H groups in total. The summed E-state index contributed by atoms with van der Waals surface area (Å²) in [5.41, 5.74) is 2.59. The molecule has 0 unspecified atom stereocenters. The zero-order valence-electron chi connectivity index (χ0n) is 15.9. The van der Waals surface area contributed by atoms with E-state index in [1.165, 1.54) is 5.56 Å². The number of hydrogen-bond acceptors (Lipinski definition) is 4. The zero-order chi connectivity index (χ0) is 17.5. The van der Waals surface area contributed by atoms with Crippen LogP contribution in [0.5, 0.6) is 0 Å². The van der Waals surface area contributed by atoms with Gasteiger partial charge in [-0.1, -0.05) is 41.5 Å². The van der Waals surface area contributed by atoms with Gasteiger partial charge in [-0.3, -0.25) is 0 Å². The van der Waals surface area contributed by atoms with Gasteiger partial charge >= 0.3 is 0 Å². The Morgan fingerprint density at radius 2 is 1.75 bits per heavy atom. The molecule has 0 radical (unpaired) electrons. The first-order chi connectivity index (χ1) is 11.1. The molecule has 0 atom stereocenters. The zero-order valence-corrected chi connectivity index (χ0v) is 15.9. The molecule has 0 bridgehead atoms. The number of hydrogen-bond donors (Lipinski definition) is 0. The Morgan fingerprint density at radius 3 is 2.33 bits per heavy atom. The summed E-state index contributed by atoms with van der Waals surface area (Å²) in [6.45, 7) is 16.6. The maximum Gasteiger partial charge on any atom is 0.157 e. The highest BCUT2D eigenvalue weighted by Gasteiger charge is 2.24. The monoisotopic (exact) mass is 330 g/mol. The third-order valence-electron chi connectivity index (χ3n) is 4.22. The highest BCUT2D eigenvalue weighted by Crippen LogP contribution is 2.29. The van der Waals surface area contributed by atoms with Gasteiger partial charge in [-0.05, 0) is 23.5 Å². The van der Waals surface area contributed by atoms with E-state index in [4.69, 9.17) is 14.8 Å². The molecule has 1 fully saturated rings. The lowest BCUT2D eigenvalue weighted by Gasteiger charge is -2.29. The van der Waals surface area contributed by atoms with Crippen molar-refractivity contribution in [3.05, 3.63) is 23.7 Å². The van der Waals surface area contributed by atoms with Crippen LogP contribution >= 0.6 is 0 Å². The molecule has 132 valence electrons. The van der Waals surface area contributed by atoms with Gasteiger partial charge in [-0.2, -0.15) is 5.10 Å². The minimum absolute atomic E-state index is 0.0797. The van der Waals surface area contributed by atoms with E-state index < -0.39 is 0 Å². The summed E-state index contributed by atoms with van der Waals surface area (Å²) in [4.78, 5) is 7.27. The number of nitrogens with zero attached hydrogens (tertiary/aromatic N) is 4. The van der Waals surface area contributed by atoms with Crippen molar-refractivity contribution in [2.45, 2.75) is 53.4 Å². The number of aromatic nitrogens is 3. The molecule has 1 aliphatic rings. The van der Waals surface area contributed by atoms with Crippen LogP contribution in [0.1, 0.15) is 52.9 Å². The lowest BCUT2D eigenvalue weighted by atomic mass is 9.89. The van der Waals surface area contributed by atoms with E-state index in [1.54, 1.807) is 0 Å². The van der Waals surface area contributed by atoms with Crippen LogP contribution in [0.15, 0.2) is 12.3 Å². The number of anilines is 1. The van der Waals surface area contributed by atoms with Crippen molar-refractivity contribution in [3.8, 4) is 0 Å². The molecule has 0 amide bonds. The van der Waals surface area contributed by atoms with Gasteiger partial charge in [0.25, 0.3) is 0 Å².